The Labute approximate surface area is 163 Å². The largest absolute Gasteiger partial charge is 0.337 e. The molecule has 0 saturated carbocycles. The number of likely N-dealkylation sites (tertiary alicyclic amines) is 2. The molecule has 2 aliphatic heterocycles. The molecule has 0 bridgehead atoms. The highest BCUT2D eigenvalue weighted by Gasteiger charge is 2.50. The Morgan fingerprint density at radius 3 is 2.61 bits per heavy atom. The number of urea groups is 1. The van der Waals surface area contributed by atoms with Crippen molar-refractivity contribution in [2.24, 2.45) is 18.9 Å². The number of carbonyl (C=O) groups is 2. The van der Waals surface area contributed by atoms with Crippen LogP contribution in [0.2, 0.25) is 0 Å². The van der Waals surface area contributed by atoms with Gasteiger partial charge in [0.2, 0.25) is 0 Å². The third-order valence-corrected chi connectivity index (χ3v) is 5.70. The van der Waals surface area contributed by atoms with Crippen LogP contribution >= 0.6 is 0 Å². The van der Waals surface area contributed by atoms with E-state index in [0.717, 1.165) is 5.56 Å². The zero-order valence-corrected chi connectivity index (χ0v) is 16.2. The number of benzene rings is 1. The van der Waals surface area contributed by atoms with E-state index in [1.54, 1.807) is 54.0 Å². The molecule has 0 radical (unpaired) electrons. The Morgan fingerprint density at radius 1 is 1.18 bits per heavy atom. The summed E-state index contributed by atoms with van der Waals surface area (Å²) in [5.41, 5.74) is 1.20. The second kappa shape index (κ2) is 6.92. The Kier molecular flexibility index (Phi) is 4.56. The fourth-order valence-electron chi connectivity index (χ4n) is 4.47. The molecule has 148 valence electrons. The van der Waals surface area contributed by atoms with Crippen molar-refractivity contribution in [2.75, 3.05) is 33.7 Å². The van der Waals surface area contributed by atoms with E-state index >= 15 is 0 Å². The van der Waals surface area contributed by atoms with Crippen molar-refractivity contribution in [1.29, 1.82) is 0 Å². The lowest BCUT2D eigenvalue weighted by molar-refractivity contribution is 0.0760. The first-order valence-corrected chi connectivity index (χ1v) is 9.37. The van der Waals surface area contributed by atoms with E-state index in [1.165, 1.54) is 12.1 Å². The summed E-state index contributed by atoms with van der Waals surface area (Å²) in [5.74, 6) is -0.195. The monoisotopic (exact) mass is 385 g/mol. The highest BCUT2D eigenvalue weighted by Crippen LogP contribution is 2.45. The lowest BCUT2D eigenvalue weighted by Gasteiger charge is -2.31. The topological polar surface area (TPSA) is 61.7 Å². The van der Waals surface area contributed by atoms with Crippen LogP contribution in [0.15, 0.2) is 36.5 Å². The molecule has 7 nitrogen and oxygen atoms in total. The molecule has 0 N–H and O–H groups in total. The van der Waals surface area contributed by atoms with Crippen molar-refractivity contribution in [1.82, 2.24) is 24.5 Å². The number of fused-ring (bicyclic) bond motifs is 1. The van der Waals surface area contributed by atoms with E-state index in [-0.39, 0.29) is 35.6 Å². The molecule has 2 saturated heterocycles. The van der Waals surface area contributed by atoms with Gasteiger partial charge in [-0.25, -0.2) is 9.18 Å². The maximum Gasteiger partial charge on any atom is 0.320 e. The van der Waals surface area contributed by atoms with E-state index in [4.69, 9.17) is 0 Å². The van der Waals surface area contributed by atoms with Crippen LogP contribution in [0.3, 0.4) is 0 Å². The predicted molar refractivity (Wildman–Crippen MR) is 101 cm³/mol. The number of hydrogen-bond donors (Lipinski definition) is 0. The molecular weight excluding hydrogens is 361 g/mol. The van der Waals surface area contributed by atoms with Gasteiger partial charge in [0.1, 0.15) is 11.5 Å². The molecule has 2 aliphatic rings. The standard InChI is InChI=1S/C20H24FN5O2/c1-23(2)20(28)26-11-14-10-25(19(27)17-7-8-24(3)22-17)12-16(14)18(26)13-5-4-6-15(21)9-13/h4-9,14,16,18H,10-12H2,1-3H3/t14-,16-,18-/m1/s1. The molecule has 8 heteroatoms. The van der Waals surface area contributed by atoms with Gasteiger partial charge in [0, 0.05) is 58.8 Å². The molecule has 2 fully saturated rings. The number of hydrogen-bond acceptors (Lipinski definition) is 3. The number of aromatic nitrogens is 2. The second-order valence-electron chi connectivity index (χ2n) is 7.84. The Hall–Kier alpha value is -2.90. The van der Waals surface area contributed by atoms with E-state index in [9.17, 15) is 14.0 Å². The molecule has 3 amide bonds. The minimum atomic E-state index is -0.322. The van der Waals surface area contributed by atoms with Crippen molar-refractivity contribution >= 4 is 11.9 Å². The third-order valence-electron chi connectivity index (χ3n) is 5.70. The van der Waals surface area contributed by atoms with Gasteiger partial charge in [-0.05, 0) is 23.8 Å². The molecular formula is C20H24FN5O2. The highest BCUT2D eigenvalue weighted by atomic mass is 19.1. The average Bonchev–Trinajstić information content (AvgIpc) is 3.34. The SMILES string of the molecule is CN(C)C(=O)N1C[C@H]2CN(C(=O)c3ccn(C)n3)C[C@H]2[C@H]1c1cccc(F)c1. The van der Waals surface area contributed by atoms with Crippen molar-refractivity contribution in [3.05, 3.63) is 53.6 Å². The normalized spacial score (nSPS) is 23.8. The van der Waals surface area contributed by atoms with Crippen LogP contribution in [0.5, 0.6) is 0 Å². The summed E-state index contributed by atoms with van der Waals surface area (Å²) < 4.78 is 15.5. The zero-order valence-electron chi connectivity index (χ0n) is 16.2. The maximum atomic E-state index is 13.9. The van der Waals surface area contributed by atoms with Crippen LogP contribution in [-0.2, 0) is 7.05 Å². The van der Waals surface area contributed by atoms with Gasteiger partial charge in [0.15, 0.2) is 0 Å². The van der Waals surface area contributed by atoms with Crippen molar-refractivity contribution in [3.8, 4) is 0 Å². The zero-order chi connectivity index (χ0) is 20.0. The quantitative estimate of drug-likeness (QED) is 0.794. The summed E-state index contributed by atoms with van der Waals surface area (Å²) in [5, 5.41) is 4.21. The van der Waals surface area contributed by atoms with Crippen LogP contribution < -0.4 is 0 Å². The van der Waals surface area contributed by atoms with Gasteiger partial charge < -0.3 is 14.7 Å². The Morgan fingerprint density at radius 2 is 1.96 bits per heavy atom. The molecule has 2 aromatic rings. The van der Waals surface area contributed by atoms with E-state index in [2.05, 4.69) is 5.10 Å². The first-order valence-electron chi connectivity index (χ1n) is 9.37. The lowest BCUT2D eigenvalue weighted by atomic mass is 9.89. The van der Waals surface area contributed by atoms with Crippen LogP contribution in [0, 0.1) is 17.7 Å². The van der Waals surface area contributed by atoms with Crippen LogP contribution in [0.4, 0.5) is 9.18 Å². The van der Waals surface area contributed by atoms with E-state index in [1.807, 2.05) is 11.0 Å². The Balaban J connectivity index is 1.62. The van der Waals surface area contributed by atoms with Crippen molar-refractivity contribution < 1.29 is 14.0 Å². The van der Waals surface area contributed by atoms with Gasteiger partial charge in [-0.2, -0.15) is 5.10 Å². The first kappa shape index (κ1) is 18.5. The predicted octanol–water partition coefficient (Wildman–Crippen LogP) is 1.99. The molecule has 1 aromatic carbocycles. The molecule has 0 unspecified atom stereocenters. The summed E-state index contributed by atoms with van der Waals surface area (Å²) >= 11 is 0. The van der Waals surface area contributed by atoms with Gasteiger partial charge in [0.05, 0.1) is 6.04 Å². The maximum absolute atomic E-state index is 13.9. The second-order valence-corrected chi connectivity index (χ2v) is 7.84. The molecule has 3 heterocycles. The van der Waals surface area contributed by atoms with Crippen LogP contribution in [-0.4, -0.2) is 70.1 Å². The molecule has 28 heavy (non-hydrogen) atoms. The van der Waals surface area contributed by atoms with Gasteiger partial charge in [-0.1, -0.05) is 12.1 Å². The average molecular weight is 385 g/mol. The van der Waals surface area contributed by atoms with Crippen LogP contribution in [0.25, 0.3) is 0 Å². The van der Waals surface area contributed by atoms with Crippen molar-refractivity contribution in [2.45, 2.75) is 6.04 Å². The highest BCUT2D eigenvalue weighted by molar-refractivity contribution is 5.92. The number of aryl methyl sites for hydroxylation is 1. The van der Waals surface area contributed by atoms with Gasteiger partial charge in [-0.15, -0.1) is 0 Å². The molecule has 4 rings (SSSR count). The number of nitrogens with zero attached hydrogens (tertiary/aromatic N) is 5. The summed E-state index contributed by atoms with van der Waals surface area (Å²) in [7, 11) is 5.21. The number of rotatable bonds is 2. The molecule has 0 spiro atoms. The minimum absolute atomic E-state index is 0.0679. The Bertz CT molecular complexity index is 912. The fraction of sp³-hybridized carbons (Fsp3) is 0.450. The summed E-state index contributed by atoms with van der Waals surface area (Å²) in [6.45, 7) is 1.65. The number of carbonyl (C=O) groups excluding carboxylic acids is 2. The molecule has 0 aliphatic carbocycles. The van der Waals surface area contributed by atoms with Gasteiger partial charge >= 0.3 is 6.03 Å². The number of halogens is 1. The van der Waals surface area contributed by atoms with E-state index < -0.39 is 0 Å². The van der Waals surface area contributed by atoms with Crippen LogP contribution in [0.1, 0.15) is 22.1 Å². The fourth-order valence-corrected chi connectivity index (χ4v) is 4.47. The van der Waals surface area contributed by atoms with Gasteiger partial charge in [-0.3, -0.25) is 9.48 Å². The molecule has 3 atom stereocenters. The smallest absolute Gasteiger partial charge is 0.320 e. The summed E-state index contributed by atoms with van der Waals surface area (Å²) in [6.07, 6.45) is 1.75. The van der Waals surface area contributed by atoms with Gasteiger partial charge in [0.25, 0.3) is 5.91 Å². The molecule has 1 aromatic heterocycles. The van der Waals surface area contributed by atoms with E-state index in [0.29, 0.717) is 25.3 Å². The van der Waals surface area contributed by atoms with Crippen molar-refractivity contribution in [3.63, 3.8) is 0 Å². The number of amides is 3. The summed E-state index contributed by atoms with van der Waals surface area (Å²) in [6, 6.07) is 7.79. The first-order chi connectivity index (χ1) is 13.3. The third kappa shape index (κ3) is 3.12. The minimum Gasteiger partial charge on any atom is -0.337 e. The lowest BCUT2D eigenvalue weighted by Crippen LogP contribution is -2.42. The summed E-state index contributed by atoms with van der Waals surface area (Å²) in [4.78, 5) is 30.7.